The second kappa shape index (κ2) is 10.1. The molecule has 3 heterocycles. The highest BCUT2D eigenvalue weighted by molar-refractivity contribution is 6.30. The first kappa shape index (κ1) is 23.9. The van der Waals surface area contributed by atoms with Gasteiger partial charge in [-0.3, -0.25) is 19.5 Å². The highest BCUT2D eigenvalue weighted by Crippen LogP contribution is 2.32. The van der Waals surface area contributed by atoms with Crippen molar-refractivity contribution >= 4 is 29.5 Å². The molecule has 0 spiro atoms. The molecule has 0 radical (unpaired) electrons. The largest absolute Gasteiger partial charge is 0.271 e. The molecule has 1 aliphatic heterocycles. The lowest BCUT2D eigenvalue weighted by Crippen LogP contribution is -2.42. The lowest BCUT2D eigenvalue weighted by atomic mass is 9.93. The zero-order chi connectivity index (χ0) is 25.9. The Kier molecular flexibility index (Phi) is 6.50. The number of carbonyl (C=O) groups is 2. The SMILES string of the molecule is CC1=C(C#N)C(=O)N(Cc2cccnc2)C(=O)/C1=C/c1cn(-c2ccccc2)nc1-c1ccc(Cl)cc1. The number of pyridine rings is 1. The number of benzene rings is 2. The van der Waals surface area contributed by atoms with Crippen LogP contribution in [0.2, 0.25) is 5.02 Å². The Bertz CT molecular complexity index is 1600. The van der Waals surface area contributed by atoms with Crippen LogP contribution in [0.1, 0.15) is 18.1 Å². The van der Waals surface area contributed by atoms with Gasteiger partial charge in [0.1, 0.15) is 11.6 Å². The number of aromatic nitrogens is 3. The molecule has 8 heteroatoms. The Morgan fingerprint density at radius 2 is 1.76 bits per heavy atom. The summed E-state index contributed by atoms with van der Waals surface area (Å²) >= 11 is 6.10. The van der Waals surface area contributed by atoms with Crippen LogP contribution < -0.4 is 0 Å². The van der Waals surface area contributed by atoms with Crippen LogP contribution in [0.3, 0.4) is 0 Å². The third-order valence-corrected chi connectivity index (χ3v) is 6.32. The van der Waals surface area contributed by atoms with Gasteiger partial charge in [0.2, 0.25) is 0 Å². The molecule has 7 nitrogen and oxygen atoms in total. The van der Waals surface area contributed by atoms with Gasteiger partial charge in [-0.25, -0.2) is 4.68 Å². The minimum absolute atomic E-state index is 0.00856. The van der Waals surface area contributed by atoms with Crippen molar-refractivity contribution in [3.63, 3.8) is 0 Å². The molecule has 0 bridgehead atoms. The molecule has 0 saturated heterocycles. The van der Waals surface area contributed by atoms with Crippen molar-refractivity contribution in [3.8, 4) is 23.0 Å². The second-order valence-corrected chi connectivity index (χ2v) is 8.88. The number of amides is 2. The summed E-state index contributed by atoms with van der Waals surface area (Å²) in [5.41, 5.74) is 4.12. The molecule has 0 atom stereocenters. The van der Waals surface area contributed by atoms with E-state index in [-0.39, 0.29) is 17.7 Å². The third kappa shape index (κ3) is 4.70. The van der Waals surface area contributed by atoms with Crippen LogP contribution in [0, 0.1) is 11.3 Å². The minimum Gasteiger partial charge on any atom is -0.269 e. The Balaban J connectivity index is 1.65. The lowest BCUT2D eigenvalue weighted by molar-refractivity contribution is -0.141. The maximum absolute atomic E-state index is 13.6. The number of carbonyl (C=O) groups excluding carboxylic acids is 2. The number of nitrogens with zero attached hydrogens (tertiary/aromatic N) is 5. The van der Waals surface area contributed by atoms with E-state index in [4.69, 9.17) is 16.7 Å². The standard InChI is InChI=1S/C29H20ClN5O2/c1-19-25(28(36)34(29(37)26(19)15-31)17-20-6-5-13-32-16-20)14-22-18-35(24-7-3-2-4-8-24)33-27(22)21-9-11-23(30)12-10-21/h2-14,16,18H,17H2,1H3/b25-14+. The second-order valence-electron chi connectivity index (χ2n) is 8.45. The van der Waals surface area contributed by atoms with E-state index in [1.54, 1.807) is 54.3 Å². The first-order valence-electron chi connectivity index (χ1n) is 11.5. The van der Waals surface area contributed by atoms with Crippen LogP contribution in [0.25, 0.3) is 23.0 Å². The summed E-state index contributed by atoms with van der Waals surface area (Å²) in [6, 6.07) is 22.3. The van der Waals surface area contributed by atoms with Crippen molar-refractivity contribution in [1.29, 1.82) is 5.26 Å². The first-order valence-corrected chi connectivity index (χ1v) is 11.8. The van der Waals surface area contributed by atoms with Gasteiger partial charge in [-0.15, -0.1) is 0 Å². The molecule has 4 aromatic rings. The predicted molar refractivity (Wildman–Crippen MR) is 140 cm³/mol. The van der Waals surface area contributed by atoms with Crippen LogP contribution in [0.5, 0.6) is 0 Å². The molecule has 2 amide bonds. The molecular weight excluding hydrogens is 486 g/mol. The summed E-state index contributed by atoms with van der Waals surface area (Å²) < 4.78 is 1.73. The average Bonchev–Trinajstić information content (AvgIpc) is 3.35. The molecule has 2 aromatic carbocycles. The zero-order valence-corrected chi connectivity index (χ0v) is 20.6. The van der Waals surface area contributed by atoms with Gasteiger partial charge in [0.15, 0.2) is 0 Å². The van der Waals surface area contributed by atoms with E-state index < -0.39 is 11.8 Å². The van der Waals surface area contributed by atoms with Gasteiger partial charge >= 0.3 is 0 Å². The molecular formula is C29H20ClN5O2. The van der Waals surface area contributed by atoms with Gasteiger partial charge in [-0.1, -0.05) is 48.0 Å². The Morgan fingerprint density at radius 1 is 1.00 bits per heavy atom. The Morgan fingerprint density at radius 3 is 2.43 bits per heavy atom. The van der Waals surface area contributed by atoms with Gasteiger partial charge in [0, 0.05) is 40.3 Å². The summed E-state index contributed by atoms with van der Waals surface area (Å²) in [6.07, 6.45) is 6.71. The lowest BCUT2D eigenvalue weighted by Gasteiger charge is -2.27. The van der Waals surface area contributed by atoms with Crippen LogP contribution in [0.15, 0.2) is 102 Å². The molecule has 0 N–H and O–H groups in total. The van der Waals surface area contributed by atoms with Crippen molar-refractivity contribution in [2.75, 3.05) is 0 Å². The number of imide groups is 1. The number of hydrogen-bond donors (Lipinski definition) is 0. The molecule has 37 heavy (non-hydrogen) atoms. The molecule has 0 unspecified atom stereocenters. The van der Waals surface area contributed by atoms with E-state index in [1.807, 2.05) is 54.7 Å². The summed E-state index contributed by atoms with van der Waals surface area (Å²) in [4.78, 5) is 31.8. The van der Waals surface area contributed by atoms with Gasteiger partial charge in [0.25, 0.3) is 11.8 Å². The van der Waals surface area contributed by atoms with Crippen molar-refractivity contribution in [3.05, 3.63) is 118 Å². The number of hydrogen-bond acceptors (Lipinski definition) is 5. The maximum atomic E-state index is 13.6. The van der Waals surface area contributed by atoms with Gasteiger partial charge < -0.3 is 0 Å². The van der Waals surface area contributed by atoms with Crippen LogP contribution in [-0.2, 0) is 16.1 Å². The van der Waals surface area contributed by atoms with Gasteiger partial charge in [-0.2, -0.15) is 10.4 Å². The fraction of sp³-hybridized carbons (Fsp3) is 0.0690. The summed E-state index contributed by atoms with van der Waals surface area (Å²) in [5.74, 6) is -1.11. The van der Waals surface area contributed by atoms with E-state index in [9.17, 15) is 14.9 Å². The molecule has 1 aliphatic rings. The topological polar surface area (TPSA) is 91.9 Å². The maximum Gasteiger partial charge on any atom is 0.271 e. The van der Waals surface area contributed by atoms with Crippen LogP contribution >= 0.6 is 11.6 Å². The Labute approximate surface area is 218 Å². The number of rotatable bonds is 5. The van der Waals surface area contributed by atoms with E-state index in [0.29, 0.717) is 27.4 Å². The number of nitriles is 1. The normalized spacial score (nSPS) is 14.8. The monoisotopic (exact) mass is 505 g/mol. The molecule has 0 saturated carbocycles. The van der Waals surface area contributed by atoms with Crippen molar-refractivity contribution in [2.45, 2.75) is 13.5 Å². The fourth-order valence-electron chi connectivity index (χ4n) is 4.14. The van der Waals surface area contributed by atoms with Crippen LogP contribution in [0.4, 0.5) is 0 Å². The number of halogens is 1. The smallest absolute Gasteiger partial charge is 0.269 e. The van der Waals surface area contributed by atoms with Crippen molar-refractivity contribution < 1.29 is 9.59 Å². The zero-order valence-electron chi connectivity index (χ0n) is 19.8. The predicted octanol–water partition coefficient (Wildman–Crippen LogP) is 5.38. The summed E-state index contributed by atoms with van der Waals surface area (Å²) in [6.45, 7) is 1.62. The highest BCUT2D eigenvalue weighted by Gasteiger charge is 2.35. The van der Waals surface area contributed by atoms with Crippen molar-refractivity contribution in [1.82, 2.24) is 19.7 Å². The van der Waals surface area contributed by atoms with Gasteiger partial charge in [-0.05, 0) is 54.5 Å². The van der Waals surface area contributed by atoms with Crippen molar-refractivity contribution in [2.24, 2.45) is 0 Å². The quantitative estimate of drug-likeness (QED) is 0.268. The van der Waals surface area contributed by atoms with Gasteiger partial charge in [0.05, 0.1) is 17.9 Å². The molecule has 180 valence electrons. The average molecular weight is 506 g/mol. The molecule has 0 aliphatic carbocycles. The van der Waals surface area contributed by atoms with E-state index in [2.05, 4.69) is 4.98 Å². The number of para-hydroxylation sites is 1. The molecule has 5 rings (SSSR count). The summed E-state index contributed by atoms with van der Waals surface area (Å²) in [7, 11) is 0. The van der Waals surface area contributed by atoms with E-state index in [0.717, 1.165) is 16.2 Å². The molecule has 0 fully saturated rings. The fourth-order valence-corrected chi connectivity index (χ4v) is 4.27. The Hall–Kier alpha value is -4.80. The van der Waals surface area contributed by atoms with E-state index in [1.165, 1.54) is 0 Å². The van der Waals surface area contributed by atoms with Crippen LogP contribution in [-0.4, -0.2) is 31.5 Å². The third-order valence-electron chi connectivity index (χ3n) is 6.07. The van der Waals surface area contributed by atoms with E-state index >= 15 is 0 Å². The first-order chi connectivity index (χ1) is 18.0. The summed E-state index contributed by atoms with van der Waals surface area (Å²) in [5, 5.41) is 15.1. The molecule has 2 aromatic heterocycles. The minimum atomic E-state index is -0.621. The highest BCUT2D eigenvalue weighted by atomic mass is 35.5.